The van der Waals surface area contributed by atoms with Crippen LogP contribution in [-0.4, -0.2) is 38.0 Å². The van der Waals surface area contributed by atoms with Gasteiger partial charge in [-0.15, -0.1) is 0 Å². The van der Waals surface area contributed by atoms with E-state index in [9.17, 15) is 4.79 Å². The number of hydrogen-bond acceptors (Lipinski definition) is 6. The Morgan fingerprint density at radius 3 is 2.50 bits per heavy atom. The molecule has 0 aliphatic carbocycles. The molecule has 0 fully saturated rings. The smallest absolute Gasteiger partial charge is 0.255 e. The SMILES string of the molecule is CN(C)CCNC(=O)c1cccc2c1Oc1cccc(N=N)c1O2. The van der Waals surface area contributed by atoms with Crippen LogP contribution in [0.3, 0.4) is 0 Å². The topological polar surface area (TPSA) is 87.0 Å². The first kappa shape index (κ1) is 15.9. The average Bonchev–Trinajstić information content (AvgIpc) is 2.58. The summed E-state index contributed by atoms with van der Waals surface area (Å²) in [5.41, 5.74) is 7.99. The molecule has 1 aliphatic heterocycles. The molecule has 3 rings (SSSR count). The van der Waals surface area contributed by atoms with Crippen LogP contribution >= 0.6 is 0 Å². The van der Waals surface area contributed by atoms with E-state index in [2.05, 4.69) is 10.4 Å². The van der Waals surface area contributed by atoms with E-state index >= 15 is 0 Å². The van der Waals surface area contributed by atoms with Crippen LogP contribution in [0.15, 0.2) is 41.5 Å². The molecule has 7 heteroatoms. The Bertz CT molecular complexity index is 789. The summed E-state index contributed by atoms with van der Waals surface area (Å²) in [6, 6.07) is 10.2. The molecule has 0 bridgehead atoms. The molecule has 0 atom stereocenters. The number of carbonyl (C=O) groups is 1. The third-order valence-electron chi connectivity index (χ3n) is 3.57. The molecular weight excluding hydrogens is 308 g/mol. The van der Waals surface area contributed by atoms with Crippen LogP contribution in [0.2, 0.25) is 0 Å². The number of fused-ring (bicyclic) bond motifs is 2. The highest BCUT2D eigenvalue weighted by atomic mass is 16.6. The summed E-state index contributed by atoms with van der Waals surface area (Å²) in [5, 5.41) is 6.29. The van der Waals surface area contributed by atoms with Gasteiger partial charge in [-0.05, 0) is 38.4 Å². The lowest BCUT2D eigenvalue weighted by molar-refractivity contribution is 0.0947. The van der Waals surface area contributed by atoms with Gasteiger partial charge in [-0.1, -0.05) is 12.1 Å². The maximum absolute atomic E-state index is 12.4. The van der Waals surface area contributed by atoms with Crippen LogP contribution in [0, 0.1) is 5.53 Å². The molecule has 0 saturated carbocycles. The van der Waals surface area contributed by atoms with E-state index in [1.54, 1.807) is 36.4 Å². The normalized spacial score (nSPS) is 11.8. The molecule has 0 aromatic heterocycles. The minimum Gasteiger partial charge on any atom is -0.449 e. The lowest BCUT2D eigenvalue weighted by atomic mass is 10.1. The Labute approximate surface area is 139 Å². The maximum Gasteiger partial charge on any atom is 0.255 e. The molecule has 7 nitrogen and oxygen atoms in total. The molecule has 0 radical (unpaired) electrons. The first-order chi connectivity index (χ1) is 11.6. The van der Waals surface area contributed by atoms with Crippen molar-refractivity contribution in [3.05, 3.63) is 42.0 Å². The number of benzene rings is 2. The van der Waals surface area contributed by atoms with E-state index in [1.165, 1.54) is 0 Å². The first-order valence-electron chi connectivity index (χ1n) is 7.52. The van der Waals surface area contributed by atoms with Crippen LogP contribution < -0.4 is 14.8 Å². The number of rotatable bonds is 5. The molecule has 2 aromatic rings. The van der Waals surface area contributed by atoms with Gasteiger partial charge in [0.05, 0.1) is 5.56 Å². The molecule has 2 N–H and O–H groups in total. The van der Waals surface area contributed by atoms with Crippen molar-refractivity contribution in [1.82, 2.24) is 10.2 Å². The van der Waals surface area contributed by atoms with Crippen molar-refractivity contribution in [1.29, 1.82) is 5.53 Å². The van der Waals surface area contributed by atoms with Crippen molar-refractivity contribution < 1.29 is 14.3 Å². The minimum absolute atomic E-state index is 0.220. The third-order valence-corrected chi connectivity index (χ3v) is 3.57. The fraction of sp³-hybridized carbons (Fsp3) is 0.235. The molecule has 0 unspecified atom stereocenters. The van der Waals surface area contributed by atoms with Crippen molar-refractivity contribution >= 4 is 11.6 Å². The van der Waals surface area contributed by atoms with Crippen molar-refractivity contribution in [2.75, 3.05) is 27.2 Å². The number of amides is 1. The predicted octanol–water partition coefficient (Wildman–Crippen LogP) is 3.54. The second kappa shape index (κ2) is 6.67. The molecule has 1 aliphatic rings. The highest BCUT2D eigenvalue weighted by Crippen LogP contribution is 2.50. The summed E-state index contributed by atoms with van der Waals surface area (Å²) >= 11 is 0. The zero-order chi connectivity index (χ0) is 17.1. The average molecular weight is 326 g/mol. The summed E-state index contributed by atoms with van der Waals surface area (Å²) in [4.78, 5) is 14.4. The first-order valence-corrected chi connectivity index (χ1v) is 7.52. The molecule has 0 saturated heterocycles. The van der Waals surface area contributed by atoms with Crippen LogP contribution in [0.4, 0.5) is 5.69 Å². The van der Waals surface area contributed by atoms with Gasteiger partial charge in [0.1, 0.15) is 5.69 Å². The Morgan fingerprint density at radius 1 is 1.12 bits per heavy atom. The maximum atomic E-state index is 12.4. The molecule has 1 amide bonds. The number of nitrogens with one attached hydrogen (secondary N) is 2. The molecule has 1 heterocycles. The fourth-order valence-electron chi connectivity index (χ4n) is 2.36. The van der Waals surface area contributed by atoms with E-state index in [4.69, 9.17) is 15.0 Å². The van der Waals surface area contributed by atoms with Gasteiger partial charge in [0, 0.05) is 13.1 Å². The van der Waals surface area contributed by atoms with Crippen LogP contribution in [-0.2, 0) is 0 Å². The largest absolute Gasteiger partial charge is 0.449 e. The number of ether oxygens (including phenoxy) is 2. The summed E-state index contributed by atoms with van der Waals surface area (Å²) in [6.07, 6.45) is 0. The van der Waals surface area contributed by atoms with Crippen LogP contribution in [0.25, 0.3) is 0 Å². The zero-order valence-electron chi connectivity index (χ0n) is 13.5. The van der Waals surface area contributed by atoms with E-state index in [-0.39, 0.29) is 5.91 Å². The summed E-state index contributed by atoms with van der Waals surface area (Å²) in [5.74, 6) is 1.39. The highest BCUT2D eigenvalue weighted by Gasteiger charge is 2.26. The van der Waals surface area contributed by atoms with Gasteiger partial charge in [-0.2, -0.15) is 5.11 Å². The number of para-hydroxylation sites is 2. The van der Waals surface area contributed by atoms with Crippen LogP contribution in [0.5, 0.6) is 23.0 Å². The monoisotopic (exact) mass is 326 g/mol. The van der Waals surface area contributed by atoms with E-state index in [0.717, 1.165) is 6.54 Å². The lowest BCUT2D eigenvalue weighted by Crippen LogP contribution is -2.31. The van der Waals surface area contributed by atoms with Crippen molar-refractivity contribution in [3.8, 4) is 23.0 Å². The number of carbonyl (C=O) groups excluding carboxylic acids is 1. The van der Waals surface area contributed by atoms with Gasteiger partial charge >= 0.3 is 0 Å². The van der Waals surface area contributed by atoms with Gasteiger partial charge in [0.25, 0.3) is 5.91 Å². The van der Waals surface area contributed by atoms with Crippen LogP contribution in [0.1, 0.15) is 10.4 Å². The number of likely N-dealkylation sites (N-methyl/N-ethyl adjacent to an activating group) is 1. The standard InChI is InChI=1S/C17H18N4O3/c1-21(2)10-9-19-17(22)11-5-3-7-13-15(11)23-14-8-4-6-12(20-18)16(14)24-13/h3-8,18H,9-10H2,1-2H3,(H,19,22). The van der Waals surface area contributed by atoms with Crippen molar-refractivity contribution in [2.24, 2.45) is 5.11 Å². The second-order valence-electron chi connectivity index (χ2n) is 5.61. The molecular formula is C17H18N4O3. The Morgan fingerprint density at radius 2 is 1.79 bits per heavy atom. The van der Waals surface area contributed by atoms with Gasteiger partial charge in [0.15, 0.2) is 23.0 Å². The zero-order valence-corrected chi connectivity index (χ0v) is 13.5. The van der Waals surface area contributed by atoms with E-state index < -0.39 is 0 Å². The molecule has 124 valence electrons. The predicted molar refractivity (Wildman–Crippen MR) is 88.7 cm³/mol. The highest BCUT2D eigenvalue weighted by molar-refractivity contribution is 5.98. The Balaban J connectivity index is 1.87. The van der Waals surface area contributed by atoms with E-state index in [1.807, 2.05) is 19.0 Å². The molecule has 24 heavy (non-hydrogen) atoms. The minimum atomic E-state index is -0.220. The lowest BCUT2D eigenvalue weighted by Gasteiger charge is -2.23. The second-order valence-corrected chi connectivity index (χ2v) is 5.61. The summed E-state index contributed by atoms with van der Waals surface area (Å²) in [7, 11) is 3.89. The third kappa shape index (κ3) is 3.07. The molecule has 2 aromatic carbocycles. The van der Waals surface area contributed by atoms with Gasteiger partial charge in [-0.3, -0.25) is 4.79 Å². The Hall–Kier alpha value is -2.93. The fourth-order valence-corrected chi connectivity index (χ4v) is 2.36. The molecule has 0 spiro atoms. The summed E-state index contributed by atoms with van der Waals surface area (Å²) in [6.45, 7) is 1.28. The Kier molecular flexibility index (Phi) is 4.43. The quantitative estimate of drug-likeness (QED) is 0.702. The van der Waals surface area contributed by atoms with Gasteiger partial charge < -0.3 is 19.7 Å². The number of nitrogens with zero attached hydrogens (tertiary/aromatic N) is 2. The van der Waals surface area contributed by atoms with Gasteiger partial charge in [-0.25, -0.2) is 5.53 Å². The van der Waals surface area contributed by atoms with Gasteiger partial charge in [0.2, 0.25) is 0 Å². The van der Waals surface area contributed by atoms with Crippen molar-refractivity contribution in [2.45, 2.75) is 0 Å². The number of hydrogen-bond donors (Lipinski definition) is 2. The summed E-state index contributed by atoms with van der Waals surface area (Å²) < 4.78 is 11.7. The van der Waals surface area contributed by atoms with E-state index in [0.29, 0.717) is 40.8 Å². The van der Waals surface area contributed by atoms with Crippen molar-refractivity contribution in [3.63, 3.8) is 0 Å².